The zero-order chi connectivity index (χ0) is 14.3. The Hall–Kier alpha value is -2.63. The lowest BCUT2D eigenvalue weighted by Gasteiger charge is -2.12. The van der Waals surface area contributed by atoms with Gasteiger partial charge in [-0.25, -0.2) is 4.79 Å². The Kier molecular flexibility index (Phi) is 2.78. The topological polar surface area (TPSA) is 71.0 Å². The summed E-state index contributed by atoms with van der Waals surface area (Å²) >= 11 is 0. The predicted octanol–water partition coefficient (Wildman–Crippen LogP) is 2.57. The third-order valence-electron chi connectivity index (χ3n) is 3.11. The fraction of sp³-hybridized carbons (Fsp3) is 0.214. The van der Waals surface area contributed by atoms with Crippen LogP contribution in [0.2, 0.25) is 0 Å². The minimum Gasteiger partial charge on any atom is -0.495 e. The fourth-order valence-electron chi connectivity index (χ4n) is 2.29. The summed E-state index contributed by atoms with van der Waals surface area (Å²) < 4.78 is 26.4. The highest BCUT2D eigenvalue weighted by atomic mass is 16.5. The van der Waals surface area contributed by atoms with Gasteiger partial charge < -0.3 is 23.0 Å². The number of hydrogen-bond acceptors (Lipinski definition) is 6. The van der Waals surface area contributed by atoms with Crippen LogP contribution >= 0.6 is 0 Å². The molecule has 6 nitrogen and oxygen atoms in total. The quantitative estimate of drug-likeness (QED) is 0.685. The summed E-state index contributed by atoms with van der Waals surface area (Å²) in [5.41, 5.74) is 0.251. The summed E-state index contributed by atoms with van der Waals surface area (Å²) in [7, 11) is 4.36. The zero-order valence-electron chi connectivity index (χ0n) is 11.2. The number of ether oxygens (including phenoxy) is 3. The van der Waals surface area contributed by atoms with Gasteiger partial charge in [0.1, 0.15) is 22.3 Å². The van der Waals surface area contributed by atoms with E-state index < -0.39 is 5.63 Å². The maximum absolute atomic E-state index is 11.9. The SMILES string of the molecule is COc1c(OC)c2c(OC)c3ccoc3cc2oc1=O. The Bertz CT molecular complexity index is 842. The van der Waals surface area contributed by atoms with Crippen molar-refractivity contribution in [1.82, 2.24) is 0 Å². The highest BCUT2D eigenvalue weighted by Crippen LogP contribution is 2.43. The molecule has 0 fully saturated rings. The molecule has 0 unspecified atom stereocenters. The van der Waals surface area contributed by atoms with E-state index in [1.807, 2.05) is 0 Å². The normalized spacial score (nSPS) is 10.9. The first-order valence-corrected chi connectivity index (χ1v) is 5.84. The summed E-state index contributed by atoms with van der Waals surface area (Å²) in [5.74, 6) is 0.782. The molecule has 0 N–H and O–H groups in total. The second-order valence-electron chi connectivity index (χ2n) is 4.07. The standard InChI is InChI=1S/C14H12O6/c1-16-11-7-4-5-19-8(7)6-9-10(11)12(17-2)13(18-3)14(15)20-9/h4-6H,1-3H3. The molecule has 104 valence electrons. The van der Waals surface area contributed by atoms with Crippen LogP contribution in [0.15, 0.2) is 32.0 Å². The molecule has 0 aliphatic rings. The number of hydrogen-bond donors (Lipinski definition) is 0. The van der Waals surface area contributed by atoms with E-state index in [0.717, 1.165) is 5.39 Å². The van der Waals surface area contributed by atoms with Crippen LogP contribution in [0.3, 0.4) is 0 Å². The molecule has 2 aromatic heterocycles. The van der Waals surface area contributed by atoms with Gasteiger partial charge in [-0.2, -0.15) is 0 Å². The van der Waals surface area contributed by atoms with Crippen molar-refractivity contribution in [3.05, 3.63) is 28.8 Å². The van der Waals surface area contributed by atoms with Crippen LogP contribution in [0.25, 0.3) is 21.9 Å². The van der Waals surface area contributed by atoms with E-state index in [4.69, 9.17) is 23.0 Å². The Morgan fingerprint density at radius 2 is 1.65 bits per heavy atom. The van der Waals surface area contributed by atoms with E-state index in [1.165, 1.54) is 27.6 Å². The molecule has 0 bridgehead atoms. The van der Waals surface area contributed by atoms with Crippen LogP contribution in [-0.4, -0.2) is 21.3 Å². The van der Waals surface area contributed by atoms with E-state index in [2.05, 4.69) is 0 Å². The van der Waals surface area contributed by atoms with Crippen molar-refractivity contribution in [2.24, 2.45) is 0 Å². The van der Waals surface area contributed by atoms with Gasteiger partial charge in [-0.15, -0.1) is 0 Å². The van der Waals surface area contributed by atoms with Gasteiger partial charge in [-0.3, -0.25) is 0 Å². The van der Waals surface area contributed by atoms with Crippen molar-refractivity contribution in [2.45, 2.75) is 0 Å². The molecule has 0 saturated heterocycles. The molecule has 1 aromatic carbocycles. The van der Waals surface area contributed by atoms with Crippen LogP contribution < -0.4 is 19.8 Å². The van der Waals surface area contributed by atoms with Crippen LogP contribution in [0.1, 0.15) is 0 Å². The van der Waals surface area contributed by atoms with Crippen molar-refractivity contribution in [3.8, 4) is 17.2 Å². The smallest absolute Gasteiger partial charge is 0.383 e. The van der Waals surface area contributed by atoms with Gasteiger partial charge in [-0.1, -0.05) is 0 Å². The molecule has 2 heterocycles. The third-order valence-corrected chi connectivity index (χ3v) is 3.11. The molecular weight excluding hydrogens is 264 g/mol. The van der Waals surface area contributed by atoms with Gasteiger partial charge >= 0.3 is 5.63 Å². The van der Waals surface area contributed by atoms with Gasteiger partial charge in [0.2, 0.25) is 5.75 Å². The first-order valence-electron chi connectivity index (χ1n) is 5.84. The molecule has 0 saturated carbocycles. The summed E-state index contributed by atoms with van der Waals surface area (Å²) in [6.07, 6.45) is 1.54. The van der Waals surface area contributed by atoms with Crippen LogP contribution in [0, 0.1) is 0 Å². The zero-order valence-corrected chi connectivity index (χ0v) is 11.2. The average Bonchev–Trinajstić information content (AvgIpc) is 2.91. The Labute approximate surface area is 113 Å². The van der Waals surface area contributed by atoms with Crippen LogP contribution in [-0.2, 0) is 0 Å². The van der Waals surface area contributed by atoms with Crippen LogP contribution in [0.5, 0.6) is 17.2 Å². The van der Waals surface area contributed by atoms with Crippen molar-refractivity contribution >= 4 is 21.9 Å². The summed E-state index contributed by atoms with van der Waals surface area (Å²) in [4.78, 5) is 11.9. The highest BCUT2D eigenvalue weighted by molar-refractivity contribution is 6.04. The molecule has 0 radical (unpaired) electrons. The van der Waals surface area contributed by atoms with Crippen molar-refractivity contribution in [2.75, 3.05) is 21.3 Å². The lowest BCUT2D eigenvalue weighted by molar-refractivity contribution is 0.336. The number of rotatable bonds is 3. The van der Waals surface area contributed by atoms with Gasteiger partial charge in [0.15, 0.2) is 5.75 Å². The molecule has 6 heteroatoms. The first-order chi connectivity index (χ1) is 9.71. The summed E-state index contributed by atoms with van der Waals surface area (Å²) in [6, 6.07) is 3.39. The van der Waals surface area contributed by atoms with E-state index in [-0.39, 0.29) is 11.5 Å². The number of furan rings is 1. The van der Waals surface area contributed by atoms with Gasteiger partial charge in [0, 0.05) is 6.07 Å². The molecule has 20 heavy (non-hydrogen) atoms. The highest BCUT2D eigenvalue weighted by Gasteiger charge is 2.22. The summed E-state index contributed by atoms with van der Waals surface area (Å²) in [6.45, 7) is 0. The second kappa shape index (κ2) is 4.48. The third kappa shape index (κ3) is 1.54. The summed E-state index contributed by atoms with van der Waals surface area (Å²) in [5, 5.41) is 1.29. The predicted molar refractivity (Wildman–Crippen MR) is 71.9 cm³/mol. The molecule has 0 amide bonds. The Balaban J connectivity index is 2.59. The number of benzene rings is 1. The average molecular weight is 276 g/mol. The maximum atomic E-state index is 11.9. The van der Waals surface area contributed by atoms with E-state index in [9.17, 15) is 4.79 Å². The largest absolute Gasteiger partial charge is 0.495 e. The molecule has 3 rings (SSSR count). The number of fused-ring (bicyclic) bond motifs is 2. The van der Waals surface area contributed by atoms with E-state index in [0.29, 0.717) is 22.3 Å². The molecular formula is C14H12O6. The Morgan fingerprint density at radius 3 is 2.30 bits per heavy atom. The van der Waals surface area contributed by atoms with Crippen molar-refractivity contribution in [3.63, 3.8) is 0 Å². The lowest BCUT2D eigenvalue weighted by Crippen LogP contribution is -2.07. The molecule has 3 aromatic rings. The minimum absolute atomic E-state index is 0.00106. The first kappa shape index (κ1) is 12.4. The van der Waals surface area contributed by atoms with Gasteiger partial charge in [-0.05, 0) is 6.07 Å². The second-order valence-corrected chi connectivity index (χ2v) is 4.07. The molecule has 0 aliphatic heterocycles. The lowest BCUT2D eigenvalue weighted by atomic mass is 10.1. The molecule has 0 spiro atoms. The van der Waals surface area contributed by atoms with E-state index >= 15 is 0 Å². The van der Waals surface area contributed by atoms with E-state index in [1.54, 1.807) is 12.1 Å². The van der Waals surface area contributed by atoms with Crippen molar-refractivity contribution < 1.29 is 23.0 Å². The minimum atomic E-state index is -0.621. The van der Waals surface area contributed by atoms with Gasteiger partial charge in [0.25, 0.3) is 0 Å². The Morgan fingerprint density at radius 1 is 0.950 bits per heavy atom. The van der Waals surface area contributed by atoms with Crippen molar-refractivity contribution in [1.29, 1.82) is 0 Å². The molecule has 0 aliphatic carbocycles. The number of methoxy groups -OCH3 is 3. The molecule has 0 atom stereocenters. The van der Waals surface area contributed by atoms with Crippen LogP contribution in [0.4, 0.5) is 0 Å². The van der Waals surface area contributed by atoms with Gasteiger partial charge in [0.05, 0.1) is 33.0 Å². The monoisotopic (exact) mass is 276 g/mol. The fourth-order valence-corrected chi connectivity index (χ4v) is 2.29. The maximum Gasteiger partial charge on any atom is 0.383 e.